The van der Waals surface area contributed by atoms with Gasteiger partial charge in [0.25, 0.3) is 0 Å². The van der Waals surface area contributed by atoms with Crippen molar-refractivity contribution in [3.63, 3.8) is 0 Å². The molecule has 1 aromatic rings. The fourth-order valence-electron chi connectivity index (χ4n) is 1.47. The molecule has 0 saturated carbocycles. The molecule has 1 amide bonds. The summed E-state index contributed by atoms with van der Waals surface area (Å²) >= 11 is 0. The van der Waals surface area contributed by atoms with Gasteiger partial charge in [-0.25, -0.2) is 13.2 Å². The Hall–Kier alpha value is -1.56. The van der Waals surface area contributed by atoms with Crippen LogP contribution in [0.1, 0.15) is 11.7 Å². The minimum absolute atomic E-state index is 0.114. The Bertz CT molecular complexity index is 403. The van der Waals surface area contributed by atoms with E-state index in [2.05, 4.69) is 5.32 Å². The summed E-state index contributed by atoms with van der Waals surface area (Å²) in [6.07, 6.45) is -0.651. The van der Waals surface area contributed by atoms with Crippen LogP contribution in [0.5, 0.6) is 0 Å². The summed E-state index contributed by atoms with van der Waals surface area (Å²) in [6.45, 7) is -0.0609. The Morgan fingerprint density at radius 3 is 2.38 bits per heavy atom. The third-order valence-corrected chi connectivity index (χ3v) is 2.28. The zero-order valence-electron chi connectivity index (χ0n) is 8.10. The summed E-state index contributed by atoms with van der Waals surface area (Å²) in [4.78, 5) is 10.8. The molecular formula is C10H8F3NO2. The van der Waals surface area contributed by atoms with Crippen LogP contribution in [0.3, 0.4) is 0 Å². The summed E-state index contributed by atoms with van der Waals surface area (Å²) in [5.41, 5.74) is 0.163. The number of ether oxygens (including phenoxy) is 1. The molecule has 1 N–H and O–H groups in total. The minimum Gasteiger partial charge on any atom is -0.362 e. The average molecular weight is 231 g/mol. The van der Waals surface area contributed by atoms with E-state index in [1.54, 1.807) is 0 Å². The van der Waals surface area contributed by atoms with E-state index in [1.807, 2.05) is 0 Å². The second-order valence-corrected chi connectivity index (χ2v) is 3.40. The average Bonchev–Trinajstić information content (AvgIpc) is 2.26. The van der Waals surface area contributed by atoms with Crippen LogP contribution in [-0.4, -0.2) is 19.1 Å². The van der Waals surface area contributed by atoms with Crippen molar-refractivity contribution in [2.24, 2.45) is 0 Å². The lowest BCUT2D eigenvalue weighted by Gasteiger charge is -2.23. The SMILES string of the molecule is O=C1CO[C@H](c2cc(F)c(F)c(F)c2)CN1. The summed E-state index contributed by atoms with van der Waals surface area (Å²) in [6, 6.07) is 1.72. The van der Waals surface area contributed by atoms with Gasteiger partial charge >= 0.3 is 0 Å². The maximum absolute atomic E-state index is 12.9. The van der Waals surface area contributed by atoms with Crippen molar-refractivity contribution in [1.82, 2.24) is 5.32 Å². The third-order valence-electron chi connectivity index (χ3n) is 2.28. The van der Waals surface area contributed by atoms with Gasteiger partial charge in [-0.3, -0.25) is 4.79 Å². The van der Waals surface area contributed by atoms with Crippen LogP contribution in [0, 0.1) is 17.5 Å². The highest BCUT2D eigenvalue weighted by Crippen LogP contribution is 2.22. The number of hydrogen-bond acceptors (Lipinski definition) is 2. The molecule has 0 spiro atoms. The van der Waals surface area contributed by atoms with Crippen LogP contribution < -0.4 is 5.32 Å². The molecule has 86 valence electrons. The Morgan fingerprint density at radius 2 is 1.88 bits per heavy atom. The van der Waals surface area contributed by atoms with E-state index in [4.69, 9.17) is 4.74 Å². The van der Waals surface area contributed by atoms with Gasteiger partial charge in [-0.1, -0.05) is 0 Å². The number of rotatable bonds is 1. The first kappa shape index (κ1) is 10.9. The van der Waals surface area contributed by atoms with Crippen LogP contribution in [-0.2, 0) is 9.53 Å². The number of hydrogen-bond donors (Lipinski definition) is 1. The van der Waals surface area contributed by atoms with E-state index >= 15 is 0 Å². The third kappa shape index (κ3) is 2.01. The Kier molecular flexibility index (Phi) is 2.82. The maximum Gasteiger partial charge on any atom is 0.246 e. The molecule has 1 aliphatic heterocycles. The van der Waals surface area contributed by atoms with E-state index < -0.39 is 23.6 Å². The molecule has 0 aliphatic carbocycles. The van der Waals surface area contributed by atoms with Gasteiger partial charge in [0.1, 0.15) is 12.7 Å². The molecular weight excluding hydrogens is 223 g/mol. The van der Waals surface area contributed by atoms with E-state index in [9.17, 15) is 18.0 Å². The van der Waals surface area contributed by atoms with Gasteiger partial charge in [0.15, 0.2) is 17.5 Å². The number of carbonyl (C=O) groups is 1. The lowest BCUT2D eigenvalue weighted by molar-refractivity contribution is -0.133. The summed E-state index contributed by atoms with van der Waals surface area (Å²) < 4.78 is 43.6. The molecule has 1 aromatic carbocycles. The largest absolute Gasteiger partial charge is 0.362 e. The van der Waals surface area contributed by atoms with Crippen molar-refractivity contribution in [3.8, 4) is 0 Å². The van der Waals surface area contributed by atoms with Gasteiger partial charge in [-0.15, -0.1) is 0 Å². The first-order valence-electron chi connectivity index (χ1n) is 4.60. The molecule has 1 aliphatic rings. The maximum atomic E-state index is 12.9. The van der Waals surface area contributed by atoms with Crippen molar-refractivity contribution >= 4 is 5.91 Å². The van der Waals surface area contributed by atoms with Gasteiger partial charge in [0, 0.05) is 6.54 Å². The lowest BCUT2D eigenvalue weighted by atomic mass is 10.1. The number of halogens is 3. The predicted octanol–water partition coefficient (Wildman–Crippen LogP) is 1.29. The molecule has 0 bridgehead atoms. The quantitative estimate of drug-likeness (QED) is 0.739. The number of benzene rings is 1. The molecule has 1 fully saturated rings. The lowest BCUT2D eigenvalue weighted by Crippen LogP contribution is -2.38. The van der Waals surface area contributed by atoms with Crippen molar-refractivity contribution in [1.29, 1.82) is 0 Å². The van der Waals surface area contributed by atoms with Crippen molar-refractivity contribution < 1.29 is 22.7 Å². The molecule has 0 aromatic heterocycles. The number of nitrogens with one attached hydrogen (secondary N) is 1. The van der Waals surface area contributed by atoms with E-state index in [1.165, 1.54) is 0 Å². The smallest absolute Gasteiger partial charge is 0.246 e. The summed E-state index contributed by atoms with van der Waals surface area (Å²) in [5.74, 6) is -4.34. The first-order chi connectivity index (χ1) is 7.58. The van der Waals surface area contributed by atoms with Gasteiger partial charge in [-0.2, -0.15) is 0 Å². The number of amides is 1. The van der Waals surface area contributed by atoms with E-state index in [0.29, 0.717) is 0 Å². The molecule has 1 saturated heterocycles. The minimum atomic E-state index is -1.51. The van der Waals surface area contributed by atoms with Crippen molar-refractivity contribution in [2.75, 3.05) is 13.2 Å². The second-order valence-electron chi connectivity index (χ2n) is 3.40. The number of morpholine rings is 1. The van der Waals surface area contributed by atoms with Gasteiger partial charge in [0.05, 0.1) is 0 Å². The van der Waals surface area contributed by atoms with Crippen molar-refractivity contribution in [3.05, 3.63) is 35.1 Å². The Labute approximate surface area is 89.2 Å². The predicted molar refractivity (Wildman–Crippen MR) is 48.0 cm³/mol. The molecule has 6 heteroatoms. The molecule has 2 rings (SSSR count). The zero-order chi connectivity index (χ0) is 11.7. The van der Waals surface area contributed by atoms with Crippen LogP contribution in [0.4, 0.5) is 13.2 Å². The summed E-state index contributed by atoms with van der Waals surface area (Å²) in [5, 5.41) is 2.48. The van der Waals surface area contributed by atoms with Crippen LogP contribution >= 0.6 is 0 Å². The van der Waals surface area contributed by atoms with Crippen molar-refractivity contribution in [2.45, 2.75) is 6.10 Å². The second kappa shape index (κ2) is 4.13. The van der Waals surface area contributed by atoms with E-state index in [-0.39, 0.29) is 24.6 Å². The molecule has 16 heavy (non-hydrogen) atoms. The molecule has 3 nitrogen and oxygen atoms in total. The molecule has 1 atom stereocenters. The van der Waals surface area contributed by atoms with Gasteiger partial charge in [0.2, 0.25) is 5.91 Å². The monoisotopic (exact) mass is 231 g/mol. The molecule has 1 heterocycles. The highest BCUT2D eigenvalue weighted by molar-refractivity contribution is 5.77. The Balaban J connectivity index is 2.24. The van der Waals surface area contributed by atoms with Crippen LogP contribution in [0.2, 0.25) is 0 Å². The standard InChI is InChI=1S/C10H8F3NO2/c11-6-1-5(2-7(12)10(6)13)8-3-14-9(15)4-16-8/h1-2,8H,3-4H2,(H,14,15)/t8-/m0/s1. The first-order valence-corrected chi connectivity index (χ1v) is 4.60. The normalized spacial score (nSPS) is 20.7. The fraction of sp³-hybridized carbons (Fsp3) is 0.300. The highest BCUT2D eigenvalue weighted by Gasteiger charge is 2.22. The van der Waals surface area contributed by atoms with Gasteiger partial charge < -0.3 is 10.1 Å². The van der Waals surface area contributed by atoms with E-state index in [0.717, 1.165) is 12.1 Å². The Morgan fingerprint density at radius 1 is 1.25 bits per heavy atom. The zero-order valence-corrected chi connectivity index (χ0v) is 8.10. The fourth-order valence-corrected chi connectivity index (χ4v) is 1.47. The summed E-state index contributed by atoms with van der Waals surface area (Å²) in [7, 11) is 0. The molecule has 0 unspecified atom stereocenters. The topological polar surface area (TPSA) is 38.3 Å². The van der Waals surface area contributed by atoms with Gasteiger partial charge in [-0.05, 0) is 17.7 Å². The molecule has 0 radical (unpaired) electrons. The van der Waals surface area contributed by atoms with Crippen LogP contribution in [0.15, 0.2) is 12.1 Å². The number of carbonyl (C=O) groups excluding carboxylic acids is 1. The highest BCUT2D eigenvalue weighted by atomic mass is 19.2. The van der Waals surface area contributed by atoms with Crippen LogP contribution in [0.25, 0.3) is 0 Å².